The number of nitrogens with one attached hydrogen (secondary N) is 2. The van der Waals surface area contributed by atoms with Crippen molar-refractivity contribution in [1.82, 2.24) is 19.5 Å². The molecule has 37 heavy (non-hydrogen) atoms. The topological polar surface area (TPSA) is 120 Å². The third-order valence-corrected chi connectivity index (χ3v) is 7.95. The Morgan fingerprint density at radius 2 is 2.00 bits per heavy atom. The second-order valence-corrected chi connectivity index (χ2v) is 10.7. The number of aromatic nitrogens is 4. The molecular weight excluding hydrogens is 504 g/mol. The number of fused-ring (bicyclic) bond motifs is 1. The molecule has 2 aromatic heterocycles. The minimum absolute atomic E-state index is 0.0836. The number of hydrogen-bond donors (Lipinski definition) is 3. The molecule has 1 amide bonds. The normalized spacial score (nSPS) is 26.2. The summed E-state index contributed by atoms with van der Waals surface area (Å²) in [6.07, 6.45) is 4.92. The van der Waals surface area contributed by atoms with Crippen LogP contribution in [0.3, 0.4) is 0 Å². The van der Waals surface area contributed by atoms with Crippen molar-refractivity contribution in [2.24, 2.45) is 17.1 Å². The van der Waals surface area contributed by atoms with Gasteiger partial charge in [0, 0.05) is 30.2 Å². The molecule has 0 bridgehead atoms. The van der Waals surface area contributed by atoms with Gasteiger partial charge in [-0.15, -0.1) is 0 Å². The summed E-state index contributed by atoms with van der Waals surface area (Å²) < 4.78 is 35.7. The van der Waals surface area contributed by atoms with E-state index in [2.05, 4.69) is 27.5 Å². The van der Waals surface area contributed by atoms with Crippen LogP contribution in [0.25, 0.3) is 11.2 Å². The molecule has 2 aliphatic rings. The number of hydrogen-bond acceptors (Lipinski definition) is 7. The fourth-order valence-electron chi connectivity index (χ4n) is 5.17. The SMILES string of the molecule is C[C@@H]1COCC[C@H]1Nc1ncc2nc(Nc3c(F)cc(F)cc3Cl)n([C@H]3CC[C@](C)(C(N)=O)CC3)c2n1. The summed E-state index contributed by atoms with van der Waals surface area (Å²) in [5.41, 5.74) is 6.06. The number of nitrogens with zero attached hydrogens (tertiary/aromatic N) is 4. The van der Waals surface area contributed by atoms with Gasteiger partial charge in [-0.1, -0.05) is 25.4 Å². The summed E-state index contributed by atoms with van der Waals surface area (Å²) in [5.74, 6) is -0.870. The first-order chi connectivity index (χ1) is 17.6. The van der Waals surface area contributed by atoms with Gasteiger partial charge in [0.25, 0.3) is 0 Å². The van der Waals surface area contributed by atoms with E-state index < -0.39 is 17.0 Å². The maximum atomic E-state index is 14.7. The molecule has 3 aromatic rings. The van der Waals surface area contributed by atoms with Crippen LogP contribution in [-0.4, -0.2) is 44.7 Å². The summed E-state index contributed by atoms with van der Waals surface area (Å²) in [7, 11) is 0. The van der Waals surface area contributed by atoms with Gasteiger partial charge in [-0.3, -0.25) is 9.36 Å². The lowest BCUT2D eigenvalue weighted by atomic mass is 9.73. The van der Waals surface area contributed by atoms with Gasteiger partial charge in [-0.25, -0.2) is 18.7 Å². The van der Waals surface area contributed by atoms with Crippen molar-refractivity contribution in [2.75, 3.05) is 23.8 Å². The van der Waals surface area contributed by atoms with E-state index in [-0.39, 0.29) is 28.7 Å². The average molecular weight is 534 g/mol. The monoisotopic (exact) mass is 533 g/mol. The molecule has 1 saturated heterocycles. The maximum absolute atomic E-state index is 14.7. The molecule has 1 aliphatic carbocycles. The fraction of sp³-hybridized carbons (Fsp3) is 0.520. The Kier molecular flexibility index (Phi) is 6.93. The molecule has 1 aliphatic heterocycles. The quantitative estimate of drug-likeness (QED) is 0.410. The Labute approximate surface area is 218 Å². The molecule has 9 nitrogen and oxygen atoms in total. The first kappa shape index (κ1) is 25.6. The summed E-state index contributed by atoms with van der Waals surface area (Å²) in [5, 5.41) is 6.26. The summed E-state index contributed by atoms with van der Waals surface area (Å²) in [4.78, 5) is 25.9. The van der Waals surface area contributed by atoms with Gasteiger partial charge >= 0.3 is 0 Å². The highest BCUT2D eigenvalue weighted by molar-refractivity contribution is 6.33. The van der Waals surface area contributed by atoms with E-state index in [9.17, 15) is 13.6 Å². The van der Waals surface area contributed by atoms with Crippen LogP contribution in [0.5, 0.6) is 0 Å². The number of ether oxygens (including phenoxy) is 1. The van der Waals surface area contributed by atoms with E-state index in [1.165, 1.54) is 0 Å². The van der Waals surface area contributed by atoms with E-state index in [0.717, 1.165) is 18.6 Å². The molecule has 0 radical (unpaired) electrons. The predicted molar refractivity (Wildman–Crippen MR) is 137 cm³/mol. The van der Waals surface area contributed by atoms with Gasteiger partial charge in [-0.05, 0) is 44.1 Å². The van der Waals surface area contributed by atoms with E-state index in [0.29, 0.717) is 67.9 Å². The summed E-state index contributed by atoms with van der Waals surface area (Å²) in [6, 6.07) is 1.87. The predicted octanol–water partition coefficient (Wildman–Crippen LogP) is 4.95. The van der Waals surface area contributed by atoms with Crippen molar-refractivity contribution in [3.05, 3.63) is 35.0 Å². The molecule has 1 saturated carbocycles. The highest BCUT2D eigenvalue weighted by Gasteiger charge is 2.38. The number of imidazole rings is 1. The van der Waals surface area contributed by atoms with E-state index in [1.807, 2.05) is 11.5 Å². The second kappa shape index (κ2) is 10.0. The highest BCUT2D eigenvalue weighted by atomic mass is 35.5. The fourth-order valence-corrected chi connectivity index (χ4v) is 5.41. The molecule has 5 rings (SSSR count). The lowest BCUT2D eigenvalue weighted by molar-refractivity contribution is -0.128. The molecule has 0 spiro atoms. The molecular formula is C25H30ClF2N7O2. The van der Waals surface area contributed by atoms with Gasteiger partial charge < -0.3 is 21.1 Å². The number of amides is 1. The van der Waals surface area contributed by atoms with Crippen LogP contribution in [0, 0.1) is 23.0 Å². The van der Waals surface area contributed by atoms with Crippen molar-refractivity contribution in [1.29, 1.82) is 0 Å². The van der Waals surface area contributed by atoms with Crippen LogP contribution in [0.1, 0.15) is 52.0 Å². The minimum atomic E-state index is -0.838. The Bertz CT molecular complexity index is 1300. The lowest BCUT2D eigenvalue weighted by Gasteiger charge is -2.35. The van der Waals surface area contributed by atoms with Crippen molar-refractivity contribution in [2.45, 2.75) is 58.0 Å². The van der Waals surface area contributed by atoms with Crippen LogP contribution in [-0.2, 0) is 9.53 Å². The smallest absolute Gasteiger partial charge is 0.224 e. The molecule has 4 N–H and O–H groups in total. The standard InChI is InChI=1S/C25H30ClF2N7O2/c1-13-12-37-8-5-18(13)31-23-30-11-19-21(34-23)35(15-3-6-25(2,7-4-15)22(29)36)24(32-19)33-20-16(26)9-14(27)10-17(20)28/h9-11,13,15,18H,3-8,12H2,1-2H3,(H2,29,36)(H,32,33)(H,30,31,34)/t13-,15-,18-,25-/m1/s1. The second-order valence-electron chi connectivity index (χ2n) is 10.3. The number of rotatable bonds is 6. The van der Waals surface area contributed by atoms with Crippen LogP contribution in [0.2, 0.25) is 5.02 Å². The average Bonchev–Trinajstić information content (AvgIpc) is 3.20. The number of anilines is 3. The van der Waals surface area contributed by atoms with Gasteiger partial charge in [0.05, 0.1) is 23.5 Å². The van der Waals surface area contributed by atoms with Crippen molar-refractivity contribution < 1.29 is 18.3 Å². The van der Waals surface area contributed by atoms with Crippen molar-refractivity contribution in [3.63, 3.8) is 0 Å². The minimum Gasteiger partial charge on any atom is -0.381 e. The lowest BCUT2D eigenvalue weighted by Crippen LogP contribution is -2.38. The van der Waals surface area contributed by atoms with E-state index >= 15 is 0 Å². The summed E-state index contributed by atoms with van der Waals surface area (Å²) >= 11 is 6.16. The van der Waals surface area contributed by atoms with Crippen LogP contribution < -0.4 is 16.4 Å². The third kappa shape index (κ3) is 5.06. The van der Waals surface area contributed by atoms with Crippen molar-refractivity contribution in [3.8, 4) is 0 Å². The van der Waals surface area contributed by atoms with Gasteiger partial charge in [0.1, 0.15) is 11.3 Å². The van der Waals surface area contributed by atoms with Crippen LogP contribution in [0.4, 0.5) is 26.4 Å². The van der Waals surface area contributed by atoms with Crippen molar-refractivity contribution >= 4 is 46.3 Å². The van der Waals surface area contributed by atoms with E-state index in [4.69, 9.17) is 27.1 Å². The first-order valence-electron chi connectivity index (χ1n) is 12.5. The molecule has 1 aromatic carbocycles. The Morgan fingerprint density at radius 3 is 2.68 bits per heavy atom. The number of nitrogens with two attached hydrogens (primary N) is 1. The molecule has 12 heteroatoms. The zero-order valence-electron chi connectivity index (χ0n) is 20.7. The Balaban J connectivity index is 1.54. The molecule has 2 atom stereocenters. The number of carbonyl (C=O) groups excluding carboxylic acids is 1. The molecule has 0 unspecified atom stereocenters. The number of benzene rings is 1. The molecule has 3 heterocycles. The van der Waals surface area contributed by atoms with E-state index in [1.54, 1.807) is 6.20 Å². The number of carbonyl (C=O) groups is 1. The number of primary amides is 1. The van der Waals surface area contributed by atoms with Gasteiger partial charge in [0.2, 0.25) is 17.8 Å². The number of halogens is 3. The third-order valence-electron chi connectivity index (χ3n) is 7.65. The zero-order chi connectivity index (χ0) is 26.3. The first-order valence-corrected chi connectivity index (χ1v) is 12.8. The molecule has 198 valence electrons. The highest BCUT2D eigenvalue weighted by Crippen LogP contribution is 2.43. The van der Waals surface area contributed by atoms with Crippen LogP contribution in [0.15, 0.2) is 18.3 Å². The largest absolute Gasteiger partial charge is 0.381 e. The summed E-state index contributed by atoms with van der Waals surface area (Å²) in [6.45, 7) is 5.32. The zero-order valence-corrected chi connectivity index (χ0v) is 21.5. The van der Waals surface area contributed by atoms with Gasteiger partial charge in [-0.2, -0.15) is 4.98 Å². The Morgan fingerprint density at radius 1 is 1.24 bits per heavy atom. The maximum Gasteiger partial charge on any atom is 0.224 e. The van der Waals surface area contributed by atoms with Crippen LogP contribution >= 0.6 is 11.6 Å². The molecule has 2 fully saturated rings. The van der Waals surface area contributed by atoms with Gasteiger partial charge in [0.15, 0.2) is 11.5 Å². The Hall–Kier alpha value is -3.05.